The molecule has 4 heteroatoms. The van der Waals surface area contributed by atoms with Crippen LogP contribution in [0, 0.1) is 0 Å². The van der Waals surface area contributed by atoms with Crippen LogP contribution < -0.4 is 24.8 Å². The number of rotatable bonds is 6. The SMILES string of the molecule is CCC1=C(c2cccc3ccccc23)c2ccccc2[CH]1[Zr+2]([CH]1C(CC)=C(c2cccc3ccccc23)c2ccccc21)=[Si](C)C.[Cl-].[Cl-]. The zero-order valence-corrected chi connectivity index (χ0v) is 33.0. The number of allylic oxidation sites excluding steroid dienone is 2. The Balaban J connectivity index is 0.00000201. The fraction of sp³-hybridized carbons (Fsp3) is 0.182. The van der Waals surface area contributed by atoms with Crippen LogP contribution in [0.2, 0.25) is 13.1 Å². The number of fused-ring (bicyclic) bond motifs is 4. The van der Waals surface area contributed by atoms with Gasteiger partial charge in [-0.3, -0.25) is 0 Å². The summed E-state index contributed by atoms with van der Waals surface area (Å²) >= 11 is -2.34. The average molecular weight is 759 g/mol. The summed E-state index contributed by atoms with van der Waals surface area (Å²) in [6.07, 6.45) is 2.21. The van der Waals surface area contributed by atoms with Gasteiger partial charge >= 0.3 is 284 Å². The molecule has 6 aromatic rings. The molecule has 2 aliphatic rings. The van der Waals surface area contributed by atoms with Crippen molar-refractivity contribution < 1.29 is 45.2 Å². The van der Waals surface area contributed by atoms with Crippen LogP contribution in [-0.4, -0.2) is 5.43 Å². The Kier molecular flexibility index (Phi) is 10.5. The maximum absolute atomic E-state index is 2.66. The largest absolute Gasteiger partial charge is 1.00 e. The second kappa shape index (κ2) is 14.5. The normalized spacial score (nSPS) is 16.2. The minimum atomic E-state index is -2.34. The van der Waals surface area contributed by atoms with E-state index in [2.05, 4.69) is 160 Å². The van der Waals surface area contributed by atoms with Crippen molar-refractivity contribution in [2.75, 3.05) is 0 Å². The molecule has 6 aromatic carbocycles. The zero-order valence-electron chi connectivity index (χ0n) is 28.0. The van der Waals surface area contributed by atoms with E-state index < -0.39 is 25.8 Å². The molecule has 0 saturated heterocycles. The van der Waals surface area contributed by atoms with Crippen molar-refractivity contribution in [1.82, 2.24) is 0 Å². The van der Waals surface area contributed by atoms with Crippen LogP contribution in [0.5, 0.6) is 0 Å². The molecular formula is C44H40Cl2SiZr. The molecule has 238 valence electrons. The second-order valence-corrected chi connectivity index (χ2v) is 30.9. The quantitative estimate of drug-likeness (QED) is 0.180. The molecule has 48 heavy (non-hydrogen) atoms. The maximum Gasteiger partial charge on any atom is -1.00 e. The van der Waals surface area contributed by atoms with Gasteiger partial charge in [0.25, 0.3) is 0 Å². The Hall–Kier alpha value is -3.00. The number of benzene rings is 6. The molecule has 2 atom stereocenters. The first kappa shape index (κ1) is 34.8. The van der Waals surface area contributed by atoms with E-state index in [0.29, 0.717) is 7.25 Å². The van der Waals surface area contributed by atoms with Crippen LogP contribution in [0.15, 0.2) is 145 Å². The van der Waals surface area contributed by atoms with Crippen molar-refractivity contribution in [2.24, 2.45) is 0 Å². The summed E-state index contributed by atoms with van der Waals surface area (Å²) in [7, 11) is 0. The monoisotopic (exact) mass is 756 g/mol. The molecule has 0 heterocycles. The first-order valence-corrected chi connectivity index (χ1v) is 25.9. The molecule has 2 unspecified atom stereocenters. The predicted molar refractivity (Wildman–Crippen MR) is 196 cm³/mol. The van der Waals surface area contributed by atoms with Crippen molar-refractivity contribution in [1.29, 1.82) is 0 Å². The molecule has 0 spiro atoms. The summed E-state index contributed by atoms with van der Waals surface area (Å²) in [6.45, 7) is 10.2. The van der Waals surface area contributed by atoms with Crippen LogP contribution in [0.3, 0.4) is 0 Å². The van der Waals surface area contributed by atoms with Gasteiger partial charge in [0.2, 0.25) is 0 Å². The fourth-order valence-corrected chi connectivity index (χ4v) is 29.5. The number of hydrogen-bond donors (Lipinski definition) is 0. The van der Waals surface area contributed by atoms with E-state index >= 15 is 0 Å². The summed E-state index contributed by atoms with van der Waals surface area (Å²) in [5.74, 6) is 0. The van der Waals surface area contributed by atoms with Crippen molar-refractivity contribution in [3.8, 4) is 0 Å². The van der Waals surface area contributed by atoms with E-state index in [-0.39, 0.29) is 24.8 Å². The fourth-order valence-electron chi connectivity index (χ4n) is 8.70. The first-order valence-electron chi connectivity index (χ1n) is 16.9. The first-order chi connectivity index (χ1) is 22.6. The third-order valence-corrected chi connectivity index (χ3v) is 29.9. The van der Waals surface area contributed by atoms with Gasteiger partial charge in [0, 0.05) is 0 Å². The molecule has 0 saturated carbocycles. The van der Waals surface area contributed by atoms with Gasteiger partial charge in [-0.05, 0) is 0 Å². The minimum absolute atomic E-state index is 0. The average Bonchev–Trinajstić information content (AvgIpc) is 3.60. The van der Waals surface area contributed by atoms with Gasteiger partial charge in [0.15, 0.2) is 0 Å². The van der Waals surface area contributed by atoms with Crippen LogP contribution in [0.25, 0.3) is 32.7 Å². The van der Waals surface area contributed by atoms with Crippen molar-refractivity contribution in [2.45, 2.75) is 47.0 Å². The Labute approximate surface area is 306 Å². The van der Waals surface area contributed by atoms with E-state index in [1.165, 1.54) is 54.9 Å². The van der Waals surface area contributed by atoms with E-state index in [1.807, 2.05) is 0 Å². The molecule has 0 nitrogen and oxygen atoms in total. The summed E-state index contributed by atoms with van der Waals surface area (Å²) in [4.78, 5) is 0. The van der Waals surface area contributed by atoms with Gasteiger partial charge in [0.05, 0.1) is 0 Å². The van der Waals surface area contributed by atoms with E-state index in [9.17, 15) is 0 Å². The van der Waals surface area contributed by atoms with Crippen LogP contribution in [0.4, 0.5) is 0 Å². The predicted octanol–water partition coefficient (Wildman–Crippen LogP) is 6.10. The molecule has 0 N–H and O–H groups in total. The van der Waals surface area contributed by atoms with Gasteiger partial charge in [-0.2, -0.15) is 0 Å². The Morgan fingerprint density at radius 2 is 0.812 bits per heavy atom. The van der Waals surface area contributed by atoms with Crippen molar-refractivity contribution in [3.63, 3.8) is 0 Å². The minimum Gasteiger partial charge on any atom is -1.00 e. The maximum atomic E-state index is 2.66. The van der Waals surface area contributed by atoms with E-state index in [4.69, 9.17) is 0 Å². The van der Waals surface area contributed by atoms with Crippen molar-refractivity contribution in [3.05, 3.63) is 178 Å². The van der Waals surface area contributed by atoms with Gasteiger partial charge in [0.1, 0.15) is 0 Å². The van der Waals surface area contributed by atoms with Gasteiger partial charge in [-0.1, -0.05) is 0 Å². The summed E-state index contributed by atoms with van der Waals surface area (Å²) in [5, 5.41) is 5.42. The Morgan fingerprint density at radius 1 is 0.458 bits per heavy atom. The number of hydrogen-bond acceptors (Lipinski definition) is 0. The topological polar surface area (TPSA) is 0 Å². The molecule has 0 fully saturated rings. The Bertz CT molecular complexity index is 2110. The molecule has 0 aliphatic heterocycles. The Morgan fingerprint density at radius 3 is 1.23 bits per heavy atom. The van der Waals surface area contributed by atoms with Gasteiger partial charge in [-0.25, -0.2) is 0 Å². The summed E-state index contributed by atoms with van der Waals surface area (Å²) in [5.41, 5.74) is 15.0. The molecule has 0 radical (unpaired) electrons. The molecule has 0 bridgehead atoms. The third-order valence-electron chi connectivity index (χ3n) is 10.5. The number of halogens is 2. The molecule has 2 aliphatic carbocycles. The van der Waals surface area contributed by atoms with Gasteiger partial charge in [-0.15, -0.1) is 0 Å². The van der Waals surface area contributed by atoms with Crippen LogP contribution in [0.1, 0.15) is 67.3 Å². The molecule has 0 amide bonds. The standard InChI is InChI=1S/2C21H17.C2H6Si.2ClH.Zr/c2*1-2-15-14-17-9-4-6-12-19(17)21(15)20-13-7-10-16-8-3-5-11-18(16)20;1-3-2;;;/h2*3-14H,2H2,1H3;1-2H3;2*1H;/q;;;;;+2/p-2. The van der Waals surface area contributed by atoms with Crippen LogP contribution in [-0.2, 0) is 20.4 Å². The van der Waals surface area contributed by atoms with E-state index in [1.54, 1.807) is 22.3 Å². The van der Waals surface area contributed by atoms with Crippen molar-refractivity contribution >= 4 is 38.1 Å². The smallest absolute Gasteiger partial charge is 1.00 e. The molecule has 0 aromatic heterocycles. The molecular weight excluding hydrogens is 719 g/mol. The molecule has 8 rings (SSSR count). The second-order valence-electron chi connectivity index (χ2n) is 13.1. The summed E-state index contributed by atoms with van der Waals surface area (Å²) in [6, 6.07) is 50.8. The van der Waals surface area contributed by atoms with Gasteiger partial charge < -0.3 is 24.8 Å². The summed E-state index contributed by atoms with van der Waals surface area (Å²) < 4.78 is 1.18. The van der Waals surface area contributed by atoms with E-state index in [0.717, 1.165) is 12.8 Å². The third kappa shape index (κ3) is 5.54. The zero-order chi connectivity index (χ0) is 31.4. The van der Waals surface area contributed by atoms with Crippen LogP contribution >= 0.6 is 0 Å².